The second-order valence-electron chi connectivity index (χ2n) is 3.98. The predicted molar refractivity (Wildman–Crippen MR) is 81.4 cm³/mol. The molecule has 0 atom stereocenters. The molecule has 0 radical (unpaired) electrons. The lowest BCUT2D eigenvalue weighted by Crippen LogP contribution is -1.98. The summed E-state index contributed by atoms with van der Waals surface area (Å²) in [6.45, 7) is 0. The number of aromatic nitrogens is 1. The fourth-order valence-electron chi connectivity index (χ4n) is 1.80. The van der Waals surface area contributed by atoms with Gasteiger partial charge in [0.15, 0.2) is 0 Å². The Labute approximate surface area is 121 Å². The van der Waals surface area contributed by atoms with Gasteiger partial charge in [-0.2, -0.15) is 0 Å². The molecule has 0 saturated heterocycles. The van der Waals surface area contributed by atoms with Crippen LogP contribution < -0.4 is 11.1 Å². The van der Waals surface area contributed by atoms with Gasteiger partial charge in [-0.25, -0.2) is 9.37 Å². The van der Waals surface area contributed by atoms with Crippen LogP contribution in [0.3, 0.4) is 0 Å². The molecule has 1 heterocycles. The highest BCUT2D eigenvalue weighted by Crippen LogP contribution is 2.33. The summed E-state index contributed by atoms with van der Waals surface area (Å²) in [6.07, 6.45) is 0. The van der Waals surface area contributed by atoms with E-state index in [0.717, 1.165) is 14.7 Å². The molecule has 0 spiro atoms. The number of nitrogens with two attached hydrogens (primary N) is 1. The average Bonchev–Trinajstić information content (AvgIpc) is 2.86. The first-order valence-corrected chi connectivity index (χ1v) is 7.16. The van der Waals surface area contributed by atoms with Crippen LogP contribution in [0, 0.1) is 5.82 Å². The first-order valence-electron chi connectivity index (χ1n) is 5.49. The Kier molecular flexibility index (Phi) is 3.12. The molecule has 0 saturated carbocycles. The van der Waals surface area contributed by atoms with E-state index < -0.39 is 0 Å². The SMILES string of the molecule is Nc1c(Nc2cc(Br)ccc2F)ccc2scnc12. The van der Waals surface area contributed by atoms with Gasteiger partial charge in [0, 0.05) is 4.47 Å². The molecule has 0 bridgehead atoms. The number of fused-ring (bicyclic) bond motifs is 1. The fraction of sp³-hybridized carbons (Fsp3) is 0. The van der Waals surface area contributed by atoms with Crippen LogP contribution in [0.25, 0.3) is 10.2 Å². The number of hydrogen-bond donors (Lipinski definition) is 2. The second-order valence-corrected chi connectivity index (χ2v) is 5.78. The quantitative estimate of drug-likeness (QED) is 0.675. The minimum Gasteiger partial charge on any atom is -0.395 e. The zero-order chi connectivity index (χ0) is 13.4. The lowest BCUT2D eigenvalue weighted by atomic mass is 10.2. The molecule has 2 aromatic carbocycles. The van der Waals surface area contributed by atoms with Crippen molar-refractivity contribution >= 4 is 54.5 Å². The van der Waals surface area contributed by atoms with Crippen molar-refractivity contribution in [3.8, 4) is 0 Å². The molecular formula is C13H9BrFN3S. The maximum absolute atomic E-state index is 13.7. The molecule has 0 aliphatic carbocycles. The van der Waals surface area contributed by atoms with Gasteiger partial charge in [0.2, 0.25) is 0 Å². The van der Waals surface area contributed by atoms with Crippen molar-refractivity contribution in [3.63, 3.8) is 0 Å². The highest BCUT2D eigenvalue weighted by molar-refractivity contribution is 9.10. The van der Waals surface area contributed by atoms with E-state index in [1.165, 1.54) is 17.4 Å². The number of anilines is 3. The van der Waals surface area contributed by atoms with Gasteiger partial charge in [-0.3, -0.25) is 0 Å². The lowest BCUT2D eigenvalue weighted by molar-refractivity contribution is 0.631. The second kappa shape index (κ2) is 4.79. The van der Waals surface area contributed by atoms with Crippen molar-refractivity contribution in [1.82, 2.24) is 4.98 Å². The van der Waals surface area contributed by atoms with Gasteiger partial charge in [0.05, 0.1) is 27.3 Å². The highest BCUT2D eigenvalue weighted by Gasteiger charge is 2.09. The molecule has 96 valence electrons. The molecule has 0 aliphatic heterocycles. The van der Waals surface area contributed by atoms with Crippen LogP contribution in [0.15, 0.2) is 40.3 Å². The third-order valence-corrected chi connectivity index (χ3v) is 4.03. The number of nitrogens with zero attached hydrogens (tertiary/aromatic N) is 1. The zero-order valence-corrected chi connectivity index (χ0v) is 12.1. The summed E-state index contributed by atoms with van der Waals surface area (Å²) < 4.78 is 15.5. The summed E-state index contributed by atoms with van der Waals surface area (Å²) in [6, 6.07) is 8.45. The maximum Gasteiger partial charge on any atom is 0.146 e. The number of rotatable bonds is 2. The van der Waals surface area contributed by atoms with Gasteiger partial charge < -0.3 is 11.1 Å². The Morgan fingerprint density at radius 2 is 2.05 bits per heavy atom. The van der Waals surface area contributed by atoms with Crippen molar-refractivity contribution in [3.05, 3.63) is 46.1 Å². The molecule has 1 aromatic heterocycles. The lowest BCUT2D eigenvalue weighted by Gasteiger charge is -2.10. The molecule has 3 aromatic rings. The predicted octanol–water partition coefficient (Wildman–Crippen LogP) is 4.52. The molecule has 0 amide bonds. The number of nitrogens with one attached hydrogen (secondary N) is 1. The van der Waals surface area contributed by atoms with Gasteiger partial charge >= 0.3 is 0 Å². The summed E-state index contributed by atoms with van der Waals surface area (Å²) in [5.41, 5.74) is 10.1. The number of nitrogen functional groups attached to an aromatic ring is 1. The third-order valence-electron chi connectivity index (χ3n) is 2.74. The van der Waals surface area contributed by atoms with Gasteiger partial charge in [-0.15, -0.1) is 11.3 Å². The molecule has 0 aliphatic rings. The summed E-state index contributed by atoms with van der Waals surface area (Å²) in [5, 5.41) is 3.00. The standard InChI is InChI=1S/C13H9BrFN3S/c14-7-1-2-8(15)10(5-7)18-9-3-4-11-13(12(9)16)17-6-19-11/h1-6,18H,16H2. The van der Waals surface area contributed by atoms with E-state index >= 15 is 0 Å². The largest absolute Gasteiger partial charge is 0.395 e. The molecule has 0 unspecified atom stereocenters. The molecule has 6 heteroatoms. The van der Waals surface area contributed by atoms with E-state index in [0.29, 0.717) is 17.1 Å². The smallest absolute Gasteiger partial charge is 0.146 e. The van der Waals surface area contributed by atoms with Crippen molar-refractivity contribution in [1.29, 1.82) is 0 Å². The van der Waals surface area contributed by atoms with Gasteiger partial charge in [-0.1, -0.05) is 15.9 Å². The number of halogens is 2. The van der Waals surface area contributed by atoms with Crippen LogP contribution in [0.1, 0.15) is 0 Å². The van der Waals surface area contributed by atoms with E-state index in [2.05, 4.69) is 26.2 Å². The topological polar surface area (TPSA) is 50.9 Å². The summed E-state index contributed by atoms with van der Waals surface area (Å²) in [4.78, 5) is 4.21. The van der Waals surface area contributed by atoms with Gasteiger partial charge in [0.25, 0.3) is 0 Å². The van der Waals surface area contributed by atoms with E-state index in [9.17, 15) is 4.39 Å². The zero-order valence-electron chi connectivity index (χ0n) is 9.65. The van der Waals surface area contributed by atoms with Crippen LogP contribution in [0.5, 0.6) is 0 Å². The molecule has 0 fully saturated rings. The monoisotopic (exact) mass is 337 g/mol. The number of thiazole rings is 1. The Hall–Kier alpha value is -1.66. The third kappa shape index (κ3) is 2.29. The van der Waals surface area contributed by atoms with E-state index in [1.54, 1.807) is 17.6 Å². The summed E-state index contributed by atoms with van der Waals surface area (Å²) in [5.74, 6) is -0.332. The van der Waals surface area contributed by atoms with Crippen molar-refractivity contribution in [2.24, 2.45) is 0 Å². The maximum atomic E-state index is 13.7. The molecule has 3 rings (SSSR count). The average molecular weight is 338 g/mol. The van der Waals surface area contributed by atoms with Crippen molar-refractivity contribution in [2.45, 2.75) is 0 Å². The first kappa shape index (κ1) is 12.4. The van der Waals surface area contributed by atoms with Crippen LogP contribution in [-0.2, 0) is 0 Å². The van der Waals surface area contributed by atoms with E-state index in [4.69, 9.17) is 5.73 Å². The normalized spacial score (nSPS) is 10.8. The van der Waals surface area contributed by atoms with Crippen LogP contribution in [0.2, 0.25) is 0 Å². The number of hydrogen-bond acceptors (Lipinski definition) is 4. The minimum atomic E-state index is -0.332. The summed E-state index contributed by atoms with van der Waals surface area (Å²) >= 11 is 4.83. The Morgan fingerprint density at radius 1 is 1.21 bits per heavy atom. The van der Waals surface area contributed by atoms with Crippen molar-refractivity contribution < 1.29 is 4.39 Å². The highest BCUT2D eigenvalue weighted by atomic mass is 79.9. The minimum absolute atomic E-state index is 0.332. The Balaban J connectivity index is 2.05. The Morgan fingerprint density at radius 3 is 2.89 bits per heavy atom. The van der Waals surface area contributed by atoms with Gasteiger partial charge in [-0.05, 0) is 30.3 Å². The van der Waals surface area contributed by atoms with Crippen LogP contribution >= 0.6 is 27.3 Å². The van der Waals surface area contributed by atoms with Gasteiger partial charge in [0.1, 0.15) is 11.3 Å². The number of benzene rings is 2. The molecule has 3 N–H and O–H groups in total. The molecular weight excluding hydrogens is 329 g/mol. The van der Waals surface area contributed by atoms with Crippen molar-refractivity contribution in [2.75, 3.05) is 11.1 Å². The van der Waals surface area contributed by atoms with Crippen LogP contribution in [0.4, 0.5) is 21.5 Å². The van der Waals surface area contributed by atoms with E-state index in [1.807, 2.05) is 12.1 Å². The first-order chi connectivity index (χ1) is 9.15. The van der Waals surface area contributed by atoms with Crippen LogP contribution in [-0.4, -0.2) is 4.98 Å². The fourth-order valence-corrected chi connectivity index (χ4v) is 2.85. The molecule has 19 heavy (non-hydrogen) atoms. The molecule has 3 nitrogen and oxygen atoms in total. The Bertz CT molecular complexity index is 757. The van der Waals surface area contributed by atoms with E-state index in [-0.39, 0.29) is 5.82 Å². The summed E-state index contributed by atoms with van der Waals surface area (Å²) in [7, 11) is 0.